The van der Waals surface area contributed by atoms with Crippen molar-refractivity contribution in [2.24, 2.45) is 5.92 Å². The number of amides is 1. The maximum absolute atomic E-state index is 12.3. The Bertz CT molecular complexity index is 455. The smallest absolute Gasteiger partial charge is 0.272 e. The van der Waals surface area contributed by atoms with Crippen molar-refractivity contribution >= 4 is 42.3 Å². The second-order valence-corrected chi connectivity index (χ2v) is 5.45. The molecule has 0 spiro atoms. The van der Waals surface area contributed by atoms with Crippen LogP contribution >= 0.6 is 36.4 Å². The number of rotatable bonds is 1. The first-order valence-electron chi connectivity index (χ1n) is 6.38. The molecule has 3 rings (SSSR count). The zero-order valence-electron chi connectivity index (χ0n) is 10.9. The molecule has 3 heterocycles. The summed E-state index contributed by atoms with van der Waals surface area (Å²) in [6, 6.07) is 4.02. The predicted molar refractivity (Wildman–Crippen MR) is 84.2 cm³/mol. The van der Waals surface area contributed by atoms with E-state index in [4.69, 9.17) is 11.6 Å². The van der Waals surface area contributed by atoms with E-state index < -0.39 is 0 Å². The van der Waals surface area contributed by atoms with Gasteiger partial charge in [-0.25, -0.2) is 4.98 Å². The van der Waals surface area contributed by atoms with E-state index in [-0.39, 0.29) is 30.7 Å². The Kier molecular flexibility index (Phi) is 6.52. The van der Waals surface area contributed by atoms with Crippen LogP contribution in [-0.4, -0.2) is 41.5 Å². The lowest BCUT2D eigenvalue weighted by Gasteiger charge is -2.34. The molecule has 1 aromatic rings. The summed E-state index contributed by atoms with van der Waals surface area (Å²) in [4.78, 5) is 18.3. The molecule has 0 aliphatic carbocycles. The monoisotopic (exact) mass is 337 g/mol. The summed E-state index contributed by atoms with van der Waals surface area (Å²) < 4.78 is 0. The largest absolute Gasteiger partial charge is 0.337 e. The Hall–Kier alpha value is -0.550. The van der Waals surface area contributed by atoms with Gasteiger partial charge in [-0.15, -0.1) is 24.8 Å². The zero-order chi connectivity index (χ0) is 12.5. The molecule has 2 atom stereocenters. The molecule has 4 nitrogen and oxygen atoms in total. The number of fused-ring (bicyclic) bond motifs is 1. The number of carbonyl (C=O) groups is 1. The van der Waals surface area contributed by atoms with E-state index in [2.05, 4.69) is 10.3 Å². The lowest BCUT2D eigenvalue weighted by molar-refractivity contribution is 0.0656. The van der Waals surface area contributed by atoms with Crippen molar-refractivity contribution in [2.75, 3.05) is 19.6 Å². The van der Waals surface area contributed by atoms with Crippen molar-refractivity contribution in [3.8, 4) is 0 Å². The molecule has 1 amide bonds. The van der Waals surface area contributed by atoms with E-state index in [1.807, 2.05) is 4.90 Å². The van der Waals surface area contributed by atoms with Gasteiger partial charge in [0.25, 0.3) is 5.91 Å². The Balaban J connectivity index is 0.000001000. The van der Waals surface area contributed by atoms with Crippen molar-refractivity contribution in [1.29, 1.82) is 0 Å². The van der Waals surface area contributed by atoms with Gasteiger partial charge in [0.15, 0.2) is 0 Å². The van der Waals surface area contributed by atoms with Crippen molar-refractivity contribution in [2.45, 2.75) is 18.9 Å². The minimum Gasteiger partial charge on any atom is -0.337 e. The number of carbonyl (C=O) groups excluding carboxylic acids is 1. The van der Waals surface area contributed by atoms with E-state index >= 15 is 0 Å². The zero-order valence-corrected chi connectivity index (χ0v) is 13.3. The SMILES string of the molecule is Cl.Cl.O=C(c1ccc(Cl)cn1)N1CCC2NCCC2C1. The number of nitrogens with one attached hydrogen (secondary N) is 1. The molecule has 20 heavy (non-hydrogen) atoms. The molecule has 2 saturated heterocycles. The van der Waals surface area contributed by atoms with E-state index in [9.17, 15) is 4.79 Å². The molecule has 0 aromatic carbocycles. The summed E-state index contributed by atoms with van der Waals surface area (Å²) in [5.41, 5.74) is 0.490. The summed E-state index contributed by atoms with van der Waals surface area (Å²) in [5.74, 6) is 0.631. The highest BCUT2D eigenvalue weighted by Crippen LogP contribution is 2.25. The number of halogens is 3. The fourth-order valence-corrected chi connectivity index (χ4v) is 3.01. The highest BCUT2D eigenvalue weighted by Gasteiger charge is 2.34. The minimum atomic E-state index is 0. The first kappa shape index (κ1) is 17.5. The minimum absolute atomic E-state index is 0. The third kappa shape index (κ3) is 3.55. The topological polar surface area (TPSA) is 45.2 Å². The molecular formula is C13H18Cl3N3O. The normalized spacial score (nSPS) is 24.4. The molecule has 2 fully saturated rings. The number of nitrogens with zero attached hydrogens (tertiary/aromatic N) is 2. The van der Waals surface area contributed by atoms with Gasteiger partial charge >= 0.3 is 0 Å². The van der Waals surface area contributed by atoms with E-state index in [0.29, 0.717) is 22.7 Å². The van der Waals surface area contributed by atoms with Gasteiger partial charge in [0.1, 0.15) is 5.69 Å². The van der Waals surface area contributed by atoms with Gasteiger partial charge < -0.3 is 10.2 Å². The molecule has 112 valence electrons. The van der Waals surface area contributed by atoms with Crippen molar-refractivity contribution in [3.63, 3.8) is 0 Å². The second kappa shape index (κ2) is 7.46. The van der Waals surface area contributed by atoms with Gasteiger partial charge in [-0.2, -0.15) is 0 Å². The average molecular weight is 339 g/mol. The van der Waals surface area contributed by atoms with Crippen LogP contribution < -0.4 is 5.32 Å². The first-order chi connectivity index (χ1) is 8.74. The van der Waals surface area contributed by atoms with Crippen LogP contribution in [-0.2, 0) is 0 Å². The summed E-state index contributed by atoms with van der Waals surface area (Å²) in [6.07, 6.45) is 3.74. The van der Waals surface area contributed by atoms with Crippen molar-refractivity contribution in [3.05, 3.63) is 29.0 Å². The van der Waals surface area contributed by atoms with Crippen molar-refractivity contribution in [1.82, 2.24) is 15.2 Å². The molecule has 1 aromatic heterocycles. The van der Waals surface area contributed by atoms with Gasteiger partial charge in [-0.05, 0) is 37.4 Å². The molecule has 2 aliphatic heterocycles. The molecule has 0 saturated carbocycles. The molecule has 2 unspecified atom stereocenters. The van der Waals surface area contributed by atoms with Gasteiger partial charge in [0.2, 0.25) is 0 Å². The quantitative estimate of drug-likeness (QED) is 0.855. The number of hydrogen-bond donors (Lipinski definition) is 1. The number of aromatic nitrogens is 1. The molecule has 2 aliphatic rings. The third-order valence-corrected chi connectivity index (χ3v) is 4.11. The summed E-state index contributed by atoms with van der Waals surface area (Å²) >= 11 is 5.78. The molecule has 1 N–H and O–H groups in total. The third-order valence-electron chi connectivity index (χ3n) is 3.89. The van der Waals surface area contributed by atoms with Crippen LogP contribution in [0.15, 0.2) is 18.3 Å². The lowest BCUT2D eigenvalue weighted by Crippen LogP contribution is -2.47. The number of piperidine rings is 1. The van der Waals surface area contributed by atoms with Crippen LogP contribution in [0.3, 0.4) is 0 Å². The highest BCUT2D eigenvalue weighted by atomic mass is 35.5. The van der Waals surface area contributed by atoms with Crippen LogP contribution in [0, 0.1) is 5.92 Å². The predicted octanol–water partition coefficient (Wildman–Crippen LogP) is 2.40. The fourth-order valence-electron chi connectivity index (χ4n) is 2.90. The maximum Gasteiger partial charge on any atom is 0.272 e. The van der Waals surface area contributed by atoms with Crippen LogP contribution in [0.2, 0.25) is 5.02 Å². The van der Waals surface area contributed by atoms with E-state index in [1.165, 1.54) is 12.6 Å². The van der Waals surface area contributed by atoms with Crippen LogP contribution in [0.1, 0.15) is 23.3 Å². The Labute approximate surface area is 136 Å². The van der Waals surface area contributed by atoms with Gasteiger partial charge in [-0.1, -0.05) is 11.6 Å². The Morgan fingerprint density at radius 2 is 2.15 bits per heavy atom. The molecular weight excluding hydrogens is 321 g/mol. The summed E-state index contributed by atoms with van der Waals surface area (Å²) in [7, 11) is 0. The average Bonchev–Trinajstić information content (AvgIpc) is 2.86. The Morgan fingerprint density at radius 3 is 2.85 bits per heavy atom. The first-order valence-corrected chi connectivity index (χ1v) is 6.76. The molecule has 0 bridgehead atoms. The lowest BCUT2D eigenvalue weighted by atomic mass is 9.93. The van der Waals surface area contributed by atoms with Crippen molar-refractivity contribution < 1.29 is 4.79 Å². The summed E-state index contributed by atoms with van der Waals surface area (Å²) in [5, 5.41) is 4.05. The molecule has 7 heteroatoms. The van der Waals surface area contributed by atoms with E-state index in [1.54, 1.807) is 12.1 Å². The number of pyridine rings is 1. The maximum atomic E-state index is 12.3. The summed E-state index contributed by atoms with van der Waals surface area (Å²) in [6.45, 7) is 2.74. The highest BCUT2D eigenvalue weighted by molar-refractivity contribution is 6.30. The fraction of sp³-hybridized carbons (Fsp3) is 0.538. The number of likely N-dealkylation sites (tertiary alicyclic amines) is 1. The van der Waals surface area contributed by atoms with Gasteiger partial charge in [-0.3, -0.25) is 4.79 Å². The van der Waals surface area contributed by atoms with Crippen LogP contribution in [0.25, 0.3) is 0 Å². The Morgan fingerprint density at radius 1 is 1.35 bits per heavy atom. The standard InChI is InChI=1S/C13H16ClN3O.2ClH/c14-10-1-2-12(16-7-10)13(18)17-6-4-11-9(8-17)3-5-15-11;;/h1-2,7,9,11,15H,3-6,8H2;2*1H. The second-order valence-electron chi connectivity index (χ2n) is 5.01. The van der Waals surface area contributed by atoms with Crippen LogP contribution in [0.5, 0.6) is 0 Å². The van der Waals surface area contributed by atoms with Gasteiger partial charge in [0, 0.05) is 25.3 Å². The van der Waals surface area contributed by atoms with Gasteiger partial charge in [0.05, 0.1) is 5.02 Å². The molecule has 0 radical (unpaired) electrons. The van der Waals surface area contributed by atoms with Crippen LogP contribution in [0.4, 0.5) is 0 Å². The van der Waals surface area contributed by atoms with E-state index in [0.717, 1.165) is 26.1 Å². The number of hydrogen-bond acceptors (Lipinski definition) is 3.